The van der Waals surface area contributed by atoms with Gasteiger partial charge in [-0.1, -0.05) is 41.4 Å². The van der Waals surface area contributed by atoms with Gasteiger partial charge in [-0.25, -0.2) is 4.79 Å². The summed E-state index contributed by atoms with van der Waals surface area (Å²) in [5, 5.41) is 16.8. The standard InChI is InChI=1S/C33H30Cl2N4O6/c1-19-26(34)5-3-7-29(19)44-10-11-45-33(43)39-18-21-13-25(21)31-24(4-2-6-28(31)39)23-14-37-38(17-23)16-22-12-20(8-9-27(22)35)32(42)36-15-30(40)41/h2-9,12,14,17,21,25H,10-11,13,15-16,18H2,1H3,(H,36,42)(H,40,41)/t21-,25-/m0/s1. The van der Waals surface area contributed by atoms with Crippen LogP contribution < -0.4 is 15.0 Å². The number of amides is 2. The van der Waals surface area contributed by atoms with Crippen LogP contribution in [0.2, 0.25) is 10.0 Å². The van der Waals surface area contributed by atoms with Crippen LogP contribution in [-0.2, 0) is 16.1 Å². The van der Waals surface area contributed by atoms with E-state index in [4.69, 9.17) is 37.8 Å². The zero-order valence-electron chi connectivity index (χ0n) is 24.3. The number of carbonyl (C=O) groups is 3. The highest BCUT2D eigenvalue weighted by molar-refractivity contribution is 6.31. The molecule has 0 saturated heterocycles. The highest BCUT2D eigenvalue weighted by Crippen LogP contribution is 2.57. The van der Waals surface area contributed by atoms with Crippen molar-refractivity contribution in [1.82, 2.24) is 15.1 Å². The minimum atomic E-state index is -1.13. The summed E-state index contributed by atoms with van der Waals surface area (Å²) in [6, 6.07) is 16.1. The molecule has 2 N–H and O–H groups in total. The van der Waals surface area contributed by atoms with E-state index in [1.165, 1.54) is 0 Å². The molecule has 0 unspecified atom stereocenters. The van der Waals surface area contributed by atoms with Crippen molar-refractivity contribution in [2.45, 2.75) is 25.8 Å². The molecule has 6 rings (SSSR count). The molecule has 45 heavy (non-hydrogen) atoms. The maximum atomic E-state index is 13.2. The summed E-state index contributed by atoms with van der Waals surface area (Å²) in [6.45, 7) is 2.61. The number of carboxylic acid groups (broad SMARTS) is 1. The number of halogens is 2. The van der Waals surface area contributed by atoms with Gasteiger partial charge >= 0.3 is 12.1 Å². The van der Waals surface area contributed by atoms with E-state index in [1.807, 2.05) is 43.5 Å². The Bertz CT molecular complexity index is 1790. The van der Waals surface area contributed by atoms with E-state index in [2.05, 4.69) is 10.4 Å². The first-order valence-electron chi connectivity index (χ1n) is 14.5. The first-order chi connectivity index (χ1) is 21.7. The molecule has 1 saturated carbocycles. The largest absolute Gasteiger partial charge is 0.490 e. The van der Waals surface area contributed by atoms with Gasteiger partial charge < -0.3 is 19.9 Å². The minimum absolute atomic E-state index is 0.0994. The number of fused-ring (bicyclic) bond motifs is 3. The SMILES string of the molecule is Cc1c(Cl)cccc1OCCOC(=O)N1C[C@@H]2C[C@@H]2c2c(-c3cnn(Cc4cc(C(=O)NCC(=O)O)ccc4Cl)c3)cccc21. The van der Waals surface area contributed by atoms with Crippen molar-refractivity contribution in [3.05, 3.63) is 99.3 Å². The molecule has 0 radical (unpaired) electrons. The summed E-state index contributed by atoms with van der Waals surface area (Å²) >= 11 is 12.6. The number of nitrogens with one attached hydrogen (secondary N) is 1. The molecule has 0 bridgehead atoms. The number of aromatic nitrogens is 2. The second-order valence-corrected chi connectivity index (χ2v) is 11.9. The zero-order chi connectivity index (χ0) is 31.7. The summed E-state index contributed by atoms with van der Waals surface area (Å²) in [5.41, 5.74) is 5.63. The van der Waals surface area contributed by atoms with Crippen LogP contribution in [0.4, 0.5) is 10.5 Å². The maximum Gasteiger partial charge on any atom is 0.414 e. The Morgan fingerprint density at radius 3 is 2.71 bits per heavy atom. The van der Waals surface area contributed by atoms with Crippen LogP contribution in [0.5, 0.6) is 5.75 Å². The first kappa shape index (κ1) is 30.5. The Balaban J connectivity index is 1.15. The number of aliphatic carboxylic acids is 1. The monoisotopic (exact) mass is 648 g/mol. The van der Waals surface area contributed by atoms with Gasteiger partial charge in [0.05, 0.1) is 18.4 Å². The molecule has 2 amide bonds. The Hall–Kier alpha value is -4.54. The number of rotatable bonds is 10. The van der Waals surface area contributed by atoms with Crippen molar-refractivity contribution < 1.29 is 29.0 Å². The normalized spacial score (nSPS) is 16.4. The van der Waals surface area contributed by atoms with Crippen molar-refractivity contribution in [2.24, 2.45) is 5.92 Å². The molecular weight excluding hydrogens is 619 g/mol. The minimum Gasteiger partial charge on any atom is -0.490 e. The number of carboxylic acids is 1. The van der Waals surface area contributed by atoms with E-state index in [0.29, 0.717) is 51.8 Å². The molecule has 10 nitrogen and oxygen atoms in total. The molecule has 2 aliphatic rings. The third-order valence-corrected chi connectivity index (χ3v) is 8.85. The summed E-state index contributed by atoms with van der Waals surface area (Å²) < 4.78 is 13.1. The quantitative estimate of drug-likeness (QED) is 0.197. The van der Waals surface area contributed by atoms with Crippen molar-refractivity contribution in [3.8, 4) is 16.9 Å². The van der Waals surface area contributed by atoms with E-state index in [-0.39, 0.29) is 13.2 Å². The van der Waals surface area contributed by atoms with E-state index >= 15 is 0 Å². The average Bonchev–Trinajstić information content (AvgIpc) is 3.68. The Labute approximate surface area is 269 Å². The molecule has 2 heterocycles. The molecule has 1 aliphatic heterocycles. The van der Waals surface area contributed by atoms with Crippen LogP contribution in [0.3, 0.4) is 0 Å². The fourth-order valence-corrected chi connectivity index (χ4v) is 6.04. The van der Waals surface area contributed by atoms with Crippen molar-refractivity contribution in [2.75, 3.05) is 31.2 Å². The predicted octanol–water partition coefficient (Wildman–Crippen LogP) is 6.17. The van der Waals surface area contributed by atoms with Gasteiger partial charge in [-0.3, -0.25) is 19.2 Å². The molecule has 232 valence electrons. The van der Waals surface area contributed by atoms with E-state index in [1.54, 1.807) is 40.0 Å². The molecule has 2 atom stereocenters. The second-order valence-electron chi connectivity index (χ2n) is 11.1. The van der Waals surface area contributed by atoms with E-state index in [0.717, 1.165) is 34.4 Å². The van der Waals surface area contributed by atoms with Gasteiger partial charge in [0.25, 0.3) is 5.91 Å². The van der Waals surface area contributed by atoms with Crippen LogP contribution in [0.1, 0.15) is 39.4 Å². The summed E-state index contributed by atoms with van der Waals surface area (Å²) in [4.78, 5) is 38.1. The number of carbonyl (C=O) groups excluding carboxylic acids is 2. The van der Waals surface area contributed by atoms with E-state index < -0.39 is 24.5 Å². The molecule has 12 heteroatoms. The Morgan fingerprint density at radius 2 is 1.89 bits per heavy atom. The van der Waals surface area contributed by atoms with Crippen molar-refractivity contribution >= 4 is 46.9 Å². The molecular formula is C33H30Cl2N4O6. The average molecular weight is 650 g/mol. The lowest BCUT2D eigenvalue weighted by Gasteiger charge is -2.29. The van der Waals surface area contributed by atoms with Gasteiger partial charge in [-0.15, -0.1) is 0 Å². The summed E-state index contributed by atoms with van der Waals surface area (Å²) in [7, 11) is 0. The fraction of sp³-hybridized carbons (Fsp3) is 0.273. The van der Waals surface area contributed by atoms with Crippen LogP contribution >= 0.6 is 23.2 Å². The third-order valence-electron chi connectivity index (χ3n) is 8.07. The Kier molecular flexibility index (Phi) is 8.69. The smallest absolute Gasteiger partial charge is 0.414 e. The molecule has 4 aromatic rings. The molecule has 1 aliphatic carbocycles. The van der Waals surface area contributed by atoms with Gasteiger partial charge in [0.1, 0.15) is 25.5 Å². The lowest BCUT2D eigenvalue weighted by atomic mass is 9.93. The first-order valence-corrected chi connectivity index (χ1v) is 15.2. The number of ether oxygens (including phenoxy) is 2. The Morgan fingerprint density at radius 1 is 1.07 bits per heavy atom. The zero-order valence-corrected chi connectivity index (χ0v) is 25.8. The van der Waals surface area contributed by atoms with Crippen molar-refractivity contribution in [3.63, 3.8) is 0 Å². The van der Waals surface area contributed by atoms with E-state index in [9.17, 15) is 14.4 Å². The highest BCUT2D eigenvalue weighted by Gasteiger charge is 2.48. The van der Waals surface area contributed by atoms with Gasteiger partial charge in [0.15, 0.2) is 0 Å². The molecule has 3 aromatic carbocycles. The lowest BCUT2D eigenvalue weighted by Crippen LogP contribution is -2.37. The number of anilines is 1. The second kappa shape index (κ2) is 12.8. The van der Waals surface area contributed by atoms with Crippen molar-refractivity contribution in [1.29, 1.82) is 0 Å². The predicted molar refractivity (Wildman–Crippen MR) is 169 cm³/mol. The van der Waals surface area contributed by atoms with Crippen LogP contribution in [0, 0.1) is 12.8 Å². The van der Waals surface area contributed by atoms with Crippen LogP contribution in [-0.4, -0.2) is 59.2 Å². The lowest BCUT2D eigenvalue weighted by molar-refractivity contribution is -0.135. The number of nitrogens with zero attached hydrogens (tertiary/aromatic N) is 3. The van der Waals surface area contributed by atoms with Gasteiger partial charge in [0, 0.05) is 39.5 Å². The van der Waals surface area contributed by atoms with Gasteiger partial charge in [-0.2, -0.15) is 5.10 Å². The molecule has 0 spiro atoms. The summed E-state index contributed by atoms with van der Waals surface area (Å²) in [6.07, 6.45) is 4.26. The summed E-state index contributed by atoms with van der Waals surface area (Å²) in [5.74, 6) is -0.257. The number of hydrogen-bond donors (Lipinski definition) is 2. The topological polar surface area (TPSA) is 123 Å². The fourth-order valence-electron chi connectivity index (χ4n) is 5.70. The van der Waals surface area contributed by atoms with Gasteiger partial charge in [-0.05, 0) is 78.3 Å². The number of hydrogen-bond acceptors (Lipinski definition) is 6. The third kappa shape index (κ3) is 6.62. The van der Waals surface area contributed by atoms with Crippen LogP contribution in [0.25, 0.3) is 11.1 Å². The number of benzene rings is 3. The van der Waals surface area contributed by atoms with Gasteiger partial charge in [0.2, 0.25) is 0 Å². The molecule has 1 aromatic heterocycles. The maximum absolute atomic E-state index is 13.2. The molecule has 1 fully saturated rings. The van der Waals surface area contributed by atoms with Crippen LogP contribution in [0.15, 0.2) is 67.0 Å². The highest BCUT2D eigenvalue weighted by atomic mass is 35.5.